The van der Waals surface area contributed by atoms with Gasteiger partial charge in [-0.05, 0) is 72.8 Å². The van der Waals surface area contributed by atoms with Gasteiger partial charge in [0.1, 0.15) is 0 Å². The van der Waals surface area contributed by atoms with E-state index in [0.717, 1.165) is 97.9 Å². The summed E-state index contributed by atoms with van der Waals surface area (Å²) in [5.41, 5.74) is 11.4. The lowest BCUT2D eigenvalue weighted by Gasteiger charge is -2.36. The third-order valence-electron chi connectivity index (χ3n) is 13.3. The highest BCUT2D eigenvalue weighted by molar-refractivity contribution is 8.00. The first kappa shape index (κ1) is 43.6. The molecule has 0 amide bonds. The molecule has 2 aromatic heterocycles. The summed E-state index contributed by atoms with van der Waals surface area (Å²) in [7, 11) is 0. The van der Waals surface area contributed by atoms with E-state index in [1.165, 1.54) is 0 Å². The number of fused-ring (bicyclic) bond motifs is 5. The van der Waals surface area contributed by atoms with Crippen LogP contribution in [-0.4, -0.2) is 29.9 Å². The van der Waals surface area contributed by atoms with Crippen molar-refractivity contribution in [1.82, 2.24) is 29.9 Å². The molecule has 0 unspecified atom stereocenters. The molecule has 14 rings (SSSR count). The van der Waals surface area contributed by atoms with Gasteiger partial charge in [-0.2, -0.15) is 0 Å². The van der Waals surface area contributed by atoms with Crippen LogP contribution < -0.4 is 9.80 Å². The van der Waals surface area contributed by atoms with Crippen molar-refractivity contribution in [3.63, 3.8) is 0 Å². The van der Waals surface area contributed by atoms with E-state index in [2.05, 4.69) is 180 Å². The number of nitrogens with zero attached hydrogens (tertiary/aromatic N) is 8. The van der Waals surface area contributed by atoms with Crippen LogP contribution >= 0.6 is 23.5 Å². The monoisotopic (exact) mass is 984 g/mol. The quantitative estimate of drug-likeness (QED) is 0.147. The molecule has 12 aromatic rings. The molecule has 0 saturated carbocycles. The van der Waals surface area contributed by atoms with Crippen LogP contribution in [0.25, 0.3) is 79.1 Å². The van der Waals surface area contributed by atoms with Crippen LogP contribution in [0.3, 0.4) is 0 Å². The normalized spacial score (nSPS) is 12.4. The number of para-hydroxylation sites is 4. The Morgan fingerprint density at radius 2 is 0.446 bits per heavy atom. The van der Waals surface area contributed by atoms with Gasteiger partial charge in [0.2, 0.25) is 0 Å². The average molecular weight is 985 g/mol. The molecule has 0 spiro atoms. The zero-order valence-corrected chi connectivity index (χ0v) is 41.1. The van der Waals surface area contributed by atoms with Gasteiger partial charge < -0.3 is 9.80 Å². The van der Waals surface area contributed by atoms with Gasteiger partial charge in [0.25, 0.3) is 0 Å². The van der Waals surface area contributed by atoms with Crippen molar-refractivity contribution in [2.45, 2.75) is 19.6 Å². The Hall–Kier alpha value is -9.22. The fourth-order valence-corrected chi connectivity index (χ4v) is 12.0. The molecule has 10 aromatic carbocycles. The minimum absolute atomic E-state index is 0.552. The summed E-state index contributed by atoms with van der Waals surface area (Å²) in [6.45, 7) is 0. The number of anilines is 6. The summed E-state index contributed by atoms with van der Waals surface area (Å²) in [5.74, 6) is 3.46. The van der Waals surface area contributed by atoms with Crippen LogP contribution in [0.15, 0.2) is 262 Å². The van der Waals surface area contributed by atoms with E-state index in [1.54, 1.807) is 23.5 Å². The van der Waals surface area contributed by atoms with Gasteiger partial charge in [-0.15, -0.1) is 0 Å². The molecular weight excluding hydrogens is 945 g/mol. The highest BCUT2D eigenvalue weighted by Crippen LogP contribution is 2.57. The molecule has 348 valence electrons. The van der Waals surface area contributed by atoms with E-state index in [9.17, 15) is 0 Å². The summed E-state index contributed by atoms with van der Waals surface area (Å²) in [4.78, 5) is 41.0. The van der Waals surface area contributed by atoms with Crippen LogP contribution in [0.5, 0.6) is 0 Å². The van der Waals surface area contributed by atoms with Crippen molar-refractivity contribution in [2.24, 2.45) is 0 Å². The predicted octanol–water partition coefficient (Wildman–Crippen LogP) is 17.1. The Morgan fingerprint density at radius 3 is 0.716 bits per heavy atom. The molecule has 0 saturated heterocycles. The van der Waals surface area contributed by atoms with Gasteiger partial charge in [-0.25, -0.2) is 29.9 Å². The van der Waals surface area contributed by atoms with E-state index in [1.807, 2.05) is 72.8 Å². The van der Waals surface area contributed by atoms with E-state index in [0.29, 0.717) is 34.9 Å². The molecule has 2 aliphatic rings. The Morgan fingerprint density at radius 1 is 0.216 bits per heavy atom. The Bertz CT molecular complexity index is 3630. The summed E-state index contributed by atoms with van der Waals surface area (Å²) >= 11 is 3.57. The Balaban J connectivity index is 1.13. The second kappa shape index (κ2) is 18.4. The molecule has 0 fully saturated rings. The number of benzene rings is 10. The minimum atomic E-state index is 0.552. The van der Waals surface area contributed by atoms with Gasteiger partial charge in [0.05, 0.1) is 34.1 Å². The van der Waals surface area contributed by atoms with Crippen molar-refractivity contribution >= 4 is 68.4 Å². The third kappa shape index (κ3) is 7.84. The topological polar surface area (TPSA) is 83.8 Å². The first-order valence-corrected chi connectivity index (χ1v) is 26.0. The molecule has 4 heterocycles. The van der Waals surface area contributed by atoms with Crippen molar-refractivity contribution in [3.8, 4) is 68.3 Å². The van der Waals surface area contributed by atoms with Crippen LogP contribution in [0.1, 0.15) is 0 Å². The number of hydrogen-bond donors (Lipinski definition) is 0. The zero-order chi connectivity index (χ0) is 49.0. The molecule has 0 radical (unpaired) electrons. The standard InChI is InChI=1S/C64H40N8S2/c1-5-21-41(22-6-1)59-65-60(42-23-7-2-8-24-42)68-63(67-59)45-37-47-48(53(39-45)71-49-29-13-17-33-55(49)73-56-34-18-14-30-50(56)71)38-46(40-54(47)72-51-31-15-19-35-57(51)74-58-36-20-16-32-52(58)72)64-69-61(43-25-9-3-10-26-43)66-62(70-64)44-27-11-4-12-28-44/h1-40H. The highest BCUT2D eigenvalue weighted by Gasteiger charge is 2.31. The molecule has 8 nitrogen and oxygen atoms in total. The molecule has 74 heavy (non-hydrogen) atoms. The molecule has 0 bridgehead atoms. The zero-order valence-electron chi connectivity index (χ0n) is 39.5. The molecule has 0 aliphatic carbocycles. The largest absolute Gasteiger partial charge is 0.308 e. The third-order valence-corrected chi connectivity index (χ3v) is 15.5. The average Bonchev–Trinajstić information content (AvgIpc) is 3.48. The fourth-order valence-electron chi connectivity index (χ4n) is 9.86. The smallest absolute Gasteiger partial charge is 0.164 e. The summed E-state index contributed by atoms with van der Waals surface area (Å²) < 4.78 is 0. The van der Waals surface area contributed by atoms with Crippen molar-refractivity contribution < 1.29 is 0 Å². The second-order valence-corrected chi connectivity index (χ2v) is 20.1. The Labute approximate surface area is 436 Å². The van der Waals surface area contributed by atoms with Crippen LogP contribution in [0.2, 0.25) is 0 Å². The fraction of sp³-hybridized carbons (Fsp3) is 0. The molecular formula is C64H40N8S2. The minimum Gasteiger partial charge on any atom is -0.308 e. The molecule has 10 heteroatoms. The maximum absolute atomic E-state index is 5.35. The van der Waals surface area contributed by atoms with Gasteiger partial charge in [-0.3, -0.25) is 0 Å². The number of aromatic nitrogens is 6. The van der Waals surface area contributed by atoms with E-state index in [-0.39, 0.29) is 0 Å². The van der Waals surface area contributed by atoms with Gasteiger partial charge in [0.15, 0.2) is 34.9 Å². The van der Waals surface area contributed by atoms with E-state index >= 15 is 0 Å². The SMILES string of the molecule is c1ccc(-c2nc(-c3ccccc3)nc(-c3cc(N4c5ccccc5Sc5ccccc54)c4cc(-c5nc(-c6ccccc6)nc(-c6ccccc6)n5)cc(N5c6ccccc6Sc6ccccc65)c4c3)n2)cc1. The lowest BCUT2D eigenvalue weighted by Crippen LogP contribution is -2.17. The lowest BCUT2D eigenvalue weighted by molar-refractivity contribution is 1.07. The van der Waals surface area contributed by atoms with Crippen molar-refractivity contribution in [3.05, 3.63) is 243 Å². The van der Waals surface area contributed by atoms with E-state index in [4.69, 9.17) is 29.9 Å². The van der Waals surface area contributed by atoms with E-state index < -0.39 is 0 Å². The summed E-state index contributed by atoms with van der Waals surface area (Å²) in [6.07, 6.45) is 0. The maximum atomic E-state index is 5.35. The predicted molar refractivity (Wildman–Crippen MR) is 301 cm³/mol. The van der Waals surface area contributed by atoms with Crippen LogP contribution in [0, 0.1) is 0 Å². The van der Waals surface area contributed by atoms with Gasteiger partial charge >= 0.3 is 0 Å². The number of rotatable bonds is 8. The summed E-state index contributed by atoms with van der Waals surface area (Å²) in [6, 6.07) is 84.3. The van der Waals surface area contributed by atoms with Gasteiger partial charge in [0, 0.05) is 63.7 Å². The van der Waals surface area contributed by atoms with Crippen LogP contribution in [-0.2, 0) is 0 Å². The molecule has 0 atom stereocenters. The number of hydrogen-bond acceptors (Lipinski definition) is 10. The first-order chi connectivity index (χ1) is 36.7. The summed E-state index contributed by atoms with van der Waals surface area (Å²) in [5, 5.41) is 1.96. The lowest BCUT2D eigenvalue weighted by atomic mass is 9.96. The van der Waals surface area contributed by atoms with Crippen molar-refractivity contribution in [2.75, 3.05) is 9.80 Å². The highest BCUT2D eigenvalue weighted by atomic mass is 32.2. The molecule has 0 N–H and O–H groups in total. The van der Waals surface area contributed by atoms with Crippen molar-refractivity contribution in [1.29, 1.82) is 0 Å². The maximum Gasteiger partial charge on any atom is 0.164 e. The first-order valence-electron chi connectivity index (χ1n) is 24.4. The molecule has 2 aliphatic heterocycles. The Kier molecular flexibility index (Phi) is 10.9. The second-order valence-electron chi connectivity index (χ2n) is 17.9. The van der Waals surface area contributed by atoms with Crippen LogP contribution in [0.4, 0.5) is 34.1 Å². The van der Waals surface area contributed by atoms with Gasteiger partial charge in [-0.1, -0.05) is 193 Å².